The molecule has 1 aromatic heterocycles. The lowest BCUT2D eigenvalue weighted by molar-refractivity contribution is -0.274. The van der Waals surface area contributed by atoms with Crippen LogP contribution >= 0.6 is 27.5 Å². The van der Waals surface area contributed by atoms with Gasteiger partial charge in [0.25, 0.3) is 5.91 Å². The second-order valence-electron chi connectivity index (χ2n) is 6.79. The Bertz CT molecular complexity index is 1140. The summed E-state index contributed by atoms with van der Waals surface area (Å²) in [7, 11) is 0. The number of fused-ring (bicyclic) bond motifs is 1. The molecule has 0 bridgehead atoms. The standard InChI is InChI=1S/C21H13BrClF3N2O3/c22-13-3-8-18-17(9-13)19(29)28(11-15-5-4-14(23)10-27-15)20(18,30)12-1-6-16(7-2-12)31-21(24,25)26/h1-10,30H,11H2. The largest absolute Gasteiger partial charge is 0.573 e. The van der Waals surface area contributed by atoms with E-state index in [1.807, 2.05) is 0 Å². The fraction of sp³-hybridized carbons (Fsp3) is 0.143. The maximum atomic E-state index is 13.2. The molecule has 2 heterocycles. The van der Waals surface area contributed by atoms with Crippen LogP contribution in [0.25, 0.3) is 0 Å². The Morgan fingerprint density at radius 2 is 1.84 bits per heavy atom. The van der Waals surface area contributed by atoms with Crippen LogP contribution in [0.2, 0.25) is 5.02 Å². The quantitative estimate of drug-likeness (QED) is 0.518. The third kappa shape index (κ3) is 4.13. The maximum absolute atomic E-state index is 13.2. The number of alkyl halides is 3. The molecule has 1 aliphatic rings. The molecule has 31 heavy (non-hydrogen) atoms. The highest BCUT2D eigenvalue weighted by atomic mass is 79.9. The number of rotatable bonds is 4. The van der Waals surface area contributed by atoms with Gasteiger partial charge in [-0.1, -0.05) is 45.7 Å². The molecule has 10 heteroatoms. The Balaban J connectivity index is 1.78. The normalized spacial score (nSPS) is 18.3. The topological polar surface area (TPSA) is 62.7 Å². The van der Waals surface area contributed by atoms with Crippen LogP contribution in [0.3, 0.4) is 0 Å². The lowest BCUT2D eigenvalue weighted by Gasteiger charge is -2.34. The van der Waals surface area contributed by atoms with E-state index in [1.54, 1.807) is 30.3 Å². The summed E-state index contributed by atoms with van der Waals surface area (Å²) in [6, 6.07) is 12.8. The number of carbonyl (C=O) groups is 1. The molecule has 0 aliphatic carbocycles. The minimum absolute atomic E-state index is 0.0559. The summed E-state index contributed by atoms with van der Waals surface area (Å²) >= 11 is 9.19. The van der Waals surface area contributed by atoms with Crippen molar-refractivity contribution in [2.45, 2.75) is 18.6 Å². The first-order valence-corrected chi connectivity index (χ1v) is 10.1. The fourth-order valence-electron chi connectivity index (χ4n) is 3.48. The van der Waals surface area contributed by atoms with Gasteiger partial charge in [0, 0.05) is 27.4 Å². The second-order valence-corrected chi connectivity index (χ2v) is 8.15. The average molecular weight is 514 g/mol. The average Bonchev–Trinajstić information content (AvgIpc) is 2.91. The second kappa shape index (κ2) is 7.81. The monoisotopic (exact) mass is 512 g/mol. The van der Waals surface area contributed by atoms with Crippen LogP contribution < -0.4 is 4.74 Å². The van der Waals surface area contributed by atoms with Gasteiger partial charge in [-0.25, -0.2) is 0 Å². The van der Waals surface area contributed by atoms with Crippen molar-refractivity contribution in [3.05, 3.63) is 92.7 Å². The number of aliphatic hydroxyl groups is 1. The first kappa shape index (κ1) is 21.6. The molecule has 160 valence electrons. The maximum Gasteiger partial charge on any atom is 0.573 e. The van der Waals surface area contributed by atoms with Crippen molar-refractivity contribution in [1.82, 2.24) is 9.88 Å². The number of hydrogen-bond donors (Lipinski definition) is 1. The minimum Gasteiger partial charge on any atom is -0.406 e. The highest BCUT2D eigenvalue weighted by molar-refractivity contribution is 9.10. The zero-order chi connectivity index (χ0) is 22.4. The fourth-order valence-corrected chi connectivity index (χ4v) is 3.96. The summed E-state index contributed by atoms with van der Waals surface area (Å²) in [6.07, 6.45) is -3.42. The molecule has 1 N–H and O–H groups in total. The molecule has 1 amide bonds. The van der Waals surface area contributed by atoms with Crippen molar-refractivity contribution >= 4 is 33.4 Å². The van der Waals surface area contributed by atoms with E-state index >= 15 is 0 Å². The molecule has 1 aliphatic heterocycles. The highest BCUT2D eigenvalue weighted by Gasteiger charge is 2.50. The van der Waals surface area contributed by atoms with Crippen molar-refractivity contribution in [3.8, 4) is 5.75 Å². The van der Waals surface area contributed by atoms with Crippen molar-refractivity contribution in [2.24, 2.45) is 0 Å². The van der Waals surface area contributed by atoms with Crippen LogP contribution in [0.15, 0.2) is 65.3 Å². The SMILES string of the molecule is O=C1c2cc(Br)ccc2C(O)(c2ccc(OC(F)(F)F)cc2)N1Cc1ccc(Cl)cn1. The number of benzene rings is 2. The summed E-state index contributed by atoms with van der Waals surface area (Å²) in [4.78, 5) is 18.6. The molecule has 3 aromatic rings. The van der Waals surface area contributed by atoms with Gasteiger partial charge in [-0.15, -0.1) is 13.2 Å². The third-order valence-electron chi connectivity index (χ3n) is 4.82. The molecule has 0 saturated heterocycles. The Labute approximate surface area is 188 Å². The minimum atomic E-state index is -4.84. The van der Waals surface area contributed by atoms with E-state index in [1.165, 1.54) is 23.2 Å². The molecule has 0 fully saturated rings. The van der Waals surface area contributed by atoms with Crippen molar-refractivity contribution < 1.29 is 27.8 Å². The van der Waals surface area contributed by atoms with E-state index in [2.05, 4.69) is 25.7 Å². The lowest BCUT2D eigenvalue weighted by atomic mass is 9.93. The van der Waals surface area contributed by atoms with E-state index in [0.29, 0.717) is 20.8 Å². The Morgan fingerprint density at radius 3 is 2.45 bits per heavy atom. The Hall–Kier alpha value is -2.62. The van der Waals surface area contributed by atoms with E-state index in [0.717, 1.165) is 12.1 Å². The van der Waals surface area contributed by atoms with Crippen molar-refractivity contribution in [3.63, 3.8) is 0 Å². The molecule has 0 radical (unpaired) electrons. The van der Waals surface area contributed by atoms with Crippen LogP contribution in [-0.2, 0) is 12.3 Å². The summed E-state index contributed by atoms with van der Waals surface area (Å²) in [5.41, 5.74) is -0.684. The van der Waals surface area contributed by atoms with E-state index in [9.17, 15) is 23.1 Å². The predicted octanol–water partition coefficient (Wildman–Crippen LogP) is 5.25. The Morgan fingerprint density at radius 1 is 1.13 bits per heavy atom. The van der Waals surface area contributed by atoms with Crippen LogP contribution in [0.5, 0.6) is 5.75 Å². The number of hydrogen-bond acceptors (Lipinski definition) is 4. The number of halogens is 5. The molecule has 1 atom stereocenters. The van der Waals surface area contributed by atoms with E-state index in [4.69, 9.17) is 11.6 Å². The van der Waals surface area contributed by atoms with E-state index < -0.39 is 23.7 Å². The summed E-state index contributed by atoms with van der Waals surface area (Å²) in [5, 5.41) is 12.2. The number of carbonyl (C=O) groups excluding carboxylic acids is 1. The first-order valence-electron chi connectivity index (χ1n) is 8.89. The summed E-state index contributed by atoms with van der Waals surface area (Å²) < 4.78 is 42.0. The van der Waals surface area contributed by atoms with Crippen molar-refractivity contribution in [1.29, 1.82) is 0 Å². The Kier molecular flexibility index (Phi) is 5.45. The number of nitrogens with zero attached hydrogens (tertiary/aromatic N) is 2. The highest BCUT2D eigenvalue weighted by Crippen LogP contribution is 2.44. The molecule has 0 spiro atoms. The molecule has 1 unspecified atom stereocenters. The molecule has 4 rings (SSSR count). The number of amides is 1. The number of aromatic nitrogens is 1. The zero-order valence-electron chi connectivity index (χ0n) is 15.5. The van der Waals surface area contributed by atoms with Crippen LogP contribution in [0.4, 0.5) is 13.2 Å². The van der Waals surface area contributed by atoms with Crippen LogP contribution in [0.1, 0.15) is 27.2 Å². The number of pyridine rings is 1. The lowest BCUT2D eigenvalue weighted by Crippen LogP contribution is -2.44. The zero-order valence-corrected chi connectivity index (χ0v) is 17.9. The first-order chi connectivity index (χ1) is 14.6. The van der Waals surface area contributed by atoms with Gasteiger partial charge in [-0.05, 0) is 36.4 Å². The van der Waals surface area contributed by atoms with Crippen LogP contribution in [0, 0.1) is 0 Å². The molecular weight excluding hydrogens is 501 g/mol. The molecule has 0 saturated carbocycles. The third-order valence-corrected chi connectivity index (χ3v) is 5.54. The van der Waals surface area contributed by atoms with Gasteiger partial charge in [-0.2, -0.15) is 0 Å². The molecule has 5 nitrogen and oxygen atoms in total. The molecular formula is C21H13BrClF3N2O3. The summed E-state index contributed by atoms with van der Waals surface area (Å²) in [6.45, 7) is -0.0559. The smallest absolute Gasteiger partial charge is 0.406 e. The molecule has 2 aromatic carbocycles. The van der Waals surface area contributed by atoms with E-state index in [-0.39, 0.29) is 17.7 Å². The van der Waals surface area contributed by atoms with Gasteiger partial charge < -0.3 is 9.84 Å². The summed E-state index contributed by atoms with van der Waals surface area (Å²) in [5.74, 6) is -0.891. The predicted molar refractivity (Wildman–Crippen MR) is 109 cm³/mol. The van der Waals surface area contributed by atoms with Gasteiger partial charge in [0.15, 0.2) is 5.72 Å². The van der Waals surface area contributed by atoms with Crippen LogP contribution in [-0.4, -0.2) is 27.3 Å². The van der Waals surface area contributed by atoms with Gasteiger partial charge in [0.05, 0.1) is 17.3 Å². The van der Waals surface area contributed by atoms with Gasteiger partial charge in [-0.3, -0.25) is 14.7 Å². The number of ether oxygens (including phenoxy) is 1. The van der Waals surface area contributed by atoms with Gasteiger partial charge in [0.2, 0.25) is 0 Å². The van der Waals surface area contributed by atoms with Crippen molar-refractivity contribution in [2.75, 3.05) is 0 Å². The van der Waals surface area contributed by atoms with Gasteiger partial charge >= 0.3 is 6.36 Å². The van der Waals surface area contributed by atoms with Gasteiger partial charge in [0.1, 0.15) is 5.75 Å².